The van der Waals surface area contributed by atoms with Crippen molar-refractivity contribution in [3.63, 3.8) is 0 Å². The van der Waals surface area contributed by atoms with Gasteiger partial charge in [0.1, 0.15) is 11.9 Å². The molecule has 1 aromatic carbocycles. The van der Waals surface area contributed by atoms with Crippen LogP contribution in [0.25, 0.3) is 6.08 Å². The molecular formula is C9H5FN2O2. The van der Waals surface area contributed by atoms with Crippen molar-refractivity contribution in [2.45, 2.75) is 0 Å². The lowest BCUT2D eigenvalue weighted by atomic mass is 10.1. The molecule has 0 amide bonds. The average Bonchev–Trinajstić information content (AvgIpc) is 2.15. The molecular weight excluding hydrogens is 187 g/mol. The molecule has 0 spiro atoms. The lowest BCUT2D eigenvalue weighted by Crippen LogP contribution is -1.86. The molecule has 1 rings (SSSR count). The highest BCUT2D eigenvalue weighted by atomic mass is 19.1. The first-order chi connectivity index (χ1) is 6.63. The number of hydrogen-bond acceptors (Lipinski definition) is 3. The summed E-state index contributed by atoms with van der Waals surface area (Å²) in [6.45, 7) is 0. The Kier molecular flexibility index (Phi) is 2.92. The van der Waals surface area contributed by atoms with Crippen LogP contribution in [0.3, 0.4) is 0 Å². The SMILES string of the molecule is N#Cc1ccc(C=C[N+](=O)[O-])cc1F. The second kappa shape index (κ2) is 4.14. The first kappa shape index (κ1) is 9.86. The summed E-state index contributed by atoms with van der Waals surface area (Å²) >= 11 is 0. The Morgan fingerprint density at radius 1 is 1.57 bits per heavy atom. The van der Waals surface area contributed by atoms with Crippen molar-refractivity contribution in [2.75, 3.05) is 0 Å². The summed E-state index contributed by atoms with van der Waals surface area (Å²) in [5.74, 6) is -0.682. The topological polar surface area (TPSA) is 66.9 Å². The van der Waals surface area contributed by atoms with Crippen molar-refractivity contribution in [1.29, 1.82) is 5.26 Å². The van der Waals surface area contributed by atoms with Crippen LogP contribution >= 0.6 is 0 Å². The van der Waals surface area contributed by atoms with Crippen LogP contribution in [-0.2, 0) is 0 Å². The standard InChI is InChI=1S/C9H5FN2O2/c10-9-5-7(3-4-12(13)14)1-2-8(9)6-11/h1-5H. The van der Waals surface area contributed by atoms with E-state index in [1.54, 1.807) is 6.07 Å². The van der Waals surface area contributed by atoms with Gasteiger partial charge in [0.15, 0.2) is 0 Å². The monoisotopic (exact) mass is 192 g/mol. The van der Waals surface area contributed by atoms with Crippen molar-refractivity contribution in [3.05, 3.63) is 51.5 Å². The van der Waals surface area contributed by atoms with Crippen molar-refractivity contribution >= 4 is 6.08 Å². The molecule has 5 heteroatoms. The maximum absolute atomic E-state index is 12.9. The van der Waals surface area contributed by atoms with Crippen LogP contribution in [0.4, 0.5) is 4.39 Å². The molecule has 0 bridgehead atoms. The minimum Gasteiger partial charge on any atom is -0.259 e. The molecule has 0 atom stereocenters. The number of nitro groups is 1. The maximum atomic E-state index is 12.9. The third kappa shape index (κ3) is 2.38. The Morgan fingerprint density at radius 2 is 2.29 bits per heavy atom. The highest BCUT2D eigenvalue weighted by Gasteiger charge is 2.00. The number of benzene rings is 1. The number of nitriles is 1. The van der Waals surface area contributed by atoms with Crippen LogP contribution in [0.1, 0.15) is 11.1 Å². The molecule has 4 nitrogen and oxygen atoms in total. The summed E-state index contributed by atoms with van der Waals surface area (Å²) in [6, 6.07) is 5.43. The fourth-order valence-corrected chi connectivity index (χ4v) is 0.873. The highest BCUT2D eigenvalue weighted by molar-refractivity contribution is 5.50. The van der Waals surface area contributed by atoms with E-state index in [0.29, 0.717) is 11.8 Å². The van der Waals surface area contributed by atoms with Crippen molar-refractivity contribution in [2.24, 2.45) is 0 Å². The summed E-state index contributed by atoms with van der Waals surface area (Å²) in [6.07, 6.45) is 1.87. The molecule has 14 heavy (non-hydrogen) atoms. The minimum absolute atomic E-state index is 0.0803. The van der Waals surface area contributed by atoms with Gasteiger partial charge in [-0.2, -0.15) is 5.26 Å². The molecule has 0 saturated carbocycles. The molecule has 0 radical (unpaired) electrons. The van der Waals surface area contributed by atoms with Gasteiger partial charge in [-0.05, 0) is 17.7 Å². The number of rotatable bonds is 2. The highest BCUT2D eigenvalue weighted by Crippen LogP contribution is 2.10. The third-order valence-corrected chi connectivity index (χ3v) is 1.50. The molecule has 0 aliphatic heterocycles. The molecule has 0 aliphatic rings. The number of nitrogens with zero attached hydrogens (tertiary/aromatic N) is 2. The lowest BCUT2D eigenvalue weighted by molar-refractivity contribution is -0.400. The van der Waals surface area contributed by atoms with Crippen LogP contribution in [0.15, 0.2) is 24.4 Å². The van der Waals surface area contributed by atoms with E-state index in [-0.39, 0.29) is 5.56 Å². The van der Waals surface area contributed by atoms with Crippen molar-refractivity contribution in [3.8, 4) is 6.07 Å². The smallest absolute Gasteiger partial charge is 0.235 e. The van der Waals surface area contributed by atoms with Gasteiger partial charge in [0, 0.05) is 6.08 Å². The van der Waals surface area contributed by atoms with Gasteiger partial charge >= 0.3 is 0 Å². The Labute approximate surface area is 79.0 Å². The van der Waals surface area contributed by atoms with E-state index in [1.165, 1.54) is 12.1 Å². The van der Waals surface area contributed by atoms with Crippen LogP contribution in [0.5, 0.6) is 0 Å². The van der Waals surface area contributed by atoms with Gasteiger partial charge in [0.05, 0.1) is 10.5 Å². The first-order valence-electron chi connectivity index (χ1n) is 3.65. The van der Waals surface area contributed by atoms with E-state index in [0.717, 1.165) is 12.1 Å². The largest absolute Gasteiger partial charge is 0.259 e. The normalized spacial score (nSPS) is 10.0. The summed E-state index contributed by atoms with van der Waals surface area (Å²) in [7, 11) is 0. The molecule has 0 fully saturated rings. The van der Waals surface area contributed by atoms with E-state index in [9.17, 15) is 14.5 Å². The van der Waals surface area contributed by atoms with Gasteiger partial charge in [-0.3, -0.25) is 10.1 Å². The summed E-state index contributed by atoms with van der Waals surface area (Å²) in [5.41, 5.74) is 0.265. The summed E-state index contributed by atoms with van der Waals surface area (Å²) in [4.78, 5) is 9.31. The zero-order chi connectivity index (χ0) is 10.6. The van der Waals surface area contributed by atoms with E-state index >= 15 is 0 Å². The molecule has 0 unspecified atom stereocenters. The summed E-state index contributed by atoms with van der Waals surface area (Å²) in [5, 5.41) is 18.4. The van der Waals surface area contributed by atoms with Crippen LogP contribution < -0.4 is 0 Å². The summed E-state index contributed by atoms with van der Waals surface area (Å²) < 4.78 is 12.9. The van der Waals surface area contributed by atoms with Crippen LogP contribution in [0.2, 0.25) is 0 Å². The van der Waals surface area contributed by atoms with Gasteiger partial charge in [0.25, 0.3) is 0 Å². The Balaban J connectivity index is 2.99. The van der Waals surface area contributed by atoms with Gasteiger partial charge in [-0.15, -0.1) is 0 Å². The minimum atomic E-state index is -0.682. The molecule has 0 heterocycles. The van der Waals surface area contributed by atoms with Gasteiger partial charge in [-0.1, -0.05) is 6.07 Å². The fourth-order valence-electron chi connectivity index (χ4n) is 0.873. The number of halogens is 1. The second-order valence-electron chi connectivity index (χ2n) is 2.45. The molecule has 0 N–H and O–H groups in total. The van der Waals surface area contributed by atoms with Gasteiger partial charge in [-0.25, -0.2) is 4.39 Å². The Bertz CT molecular complexity index is 435. The fraction of sp³-hybridized carbons (Fsp3) is 0. The predicted molar refractivity (Wildman–Crippen MR) is 47.1 cm³/mol. The first-order valence-corrected chi connectivity index (χ1v) is 3.65. The van der Waals surface area contributed by atoms with E-state index in [2.05, 4.69) is 0 Å². The van der Waals surface area contributed by atoms with Crippen LogP contribution in [0, 0.1) is 27.3 Å². The molecule has 70 valence electrons. The average molecular weight is 192 g/mol. The Hall–Kier alpha value is -2.22. The molecule has 0 saturated heterocycles. The van der Waals surface area contributed by atoms with Gasteiger partial charge < -0.3 is 0 Å². The van der Waals surface area contributed by atoms with E-state index in [4.69, 9.17) is 5.26 Å². The maximum Gasteiger partial charge on any atom is 0.235 e. The van der Waals surface area contributed by atoms with Crippen LogP contribution in [-0.4, -0.2) is 4.92 Å². The predicted octanol–water partition coefficient (Wildman–Crippen LogP) is 1.94. The zero-order valence-electron chi connectivity index (χ0n) is 6.98. The quantitative estimate of drug-likeness (QED) is 0.531. The lowest BCUT2D eigenvalue weighted by Gasteiger charge is -1.94. The zero-order valence-corrected chi connectivity index (χ0v) is 6.98. The second-order valence-corrected chi connectivity index (χ2v) is 2.45. The molecule has 0 aromatic heterocycles. The number of hydrogen-bond donors (Lipinski definition) is 0. The molecule has 1 aromatic rings. The third-order valence-electron chi connectivity index (χ3n) is 1.50. The van der Waals surface area contributed by atoms with Gasteiger partial charge in [0.2, 0.25) is 6.20 Å². The van der Waals surface area contributed by atoms with Crippen molar-refractivity contribution in [1.82, 2.24) is 0 Å². The van der Waals surface area contributed by atoms with E-state index in [1.807, 2.05) is 0 Å². The Morgan fingerprint density at radius 3 is 2.79 bits per heavy atom. The van der Waals surface area contributed by atoms with Crippen molar-refractivity contribution < 1.29 is 9.31 Å². The molecule has 0 aliphatic carbocycles. The van der Waals surface area contributed by atoms with E-state index < -0.39 is 10.7 Å².